The van der Waals surface area contributed by atoms with Crippen molar-refractivity contribution in [2.45, 2.75) is 32.2 Å². The first-order chi connectivity index (χ1) is 9.11. The van der Waals surface area contributed by atoms with E-state index in [2.05, 4.69) is 21.2 Å². The molecule has 0 saturated carbocycles. The fourth-order valence-electron chi connectivity index (χ4n) is 2.26. The SMILES string of the molecule is COCCc1nsc(N2C[C@H](C(N)=O)CC[C@H]2C)n1. The summed E-state index contributed by atoms with van der Waals surface area (Å²) in [6.45, 7) is 3.42. The van der Waals surface area contributed by atoms with Gasteiger partial charge in [-0.3, -0.25) is 4.79 Å². The summed E-state index contributed by atoms with van der Waals surface area (Å²) < 4.78 is 9.35. The summed E-state index contributed by atoms with van der Waals surface area (Å²) in [7, 11) is 1.66. The average molecular weight is 284 g/mol. The van der Waals surface area contributed by atoms with Gasteiger partial charge < -0.3 is 15.4 Å². The van der Waals surface area contributed by atoms with Crippen LogP contribution in [0.25, 0.3) is 0 Å². The molecule has 1 amide bonds. The first-order valence-corrected chi connectivity index (χ1v) is 7.26. The lowest BCUT2D eigenvalue weighted by atomic mass is 9.93. The van der Waals surface area contributed by atoms with Crippen LogP contribution in [0.15, 0.2) is 0 Å². The molecule has 1 aromatic heterocycles. The van der Waals surface area contributed by atoms with Gasteiger partial charge in [0.05, 0.1) is 12.5 Å². The van der Waals surface area contributed by atoms with Crippen LogP contribution in [0, 0.1) is 5.92 Å². The molecule has 2 N–H and O–H groups in total. The molecule has 2 rings (SSSR count). The maximum atomic E-state index is 11.3. The molecular weight excluding hydrogens is 264 g/mol. The first kappa shape index (κ1) is 14.2. The van der Waals surface area contributed by atoms with Crippen LogP contribution in [0.2, 0.25) is 0 Å². The molecule has 2 atom stereocenters. The summed E-state index contributed by atoms with van der Waals surface area (Å²) >= 11 is 1.38. The molecule has 1 fully saturated rings. The van der Waals surface area contributed by atoms with Crippen molar-refractivity contribution >= 4 is 22.6 Å². The molecule has 2 heterocycles. The van der Waals surface area contributed by atoms with Crippen LogP contribution in [-0.4, -0.2) is 41.6 Å². The fraction of sp³-hybridized carbons (Fsp3) is 0.750. The molecule has 0 unspecified atom stereocenters. The van der Waals surface area contributed by atoms with E-state index in [1.54, 1.807) is 7.11 Å². The van der Waals surface area contributed by atoms with E-state index in [1.165, 1.54) is 11.5 Å². The van der Waals surface area contributed by atoms with E-state index in [0.717, 1.165) is 23.8 Å². The van der Waals surface area contributed by atoms with Gasteiger partial charge in [0.2, 0.25) is 11.0 Å². The third-order valence-electron chi connectivity index (χ3n) is 3.52. The summed E-state index contributed by atoms with van der Waals surface area (Å²) in [6.07, 6.45) is 2.54. The normalized spacial score (nSPS) is 23.6. The predicted molar refractivity (Wildman–Crippen MR) is 74.2 cm³/mol. The van der Waals surface area contributed by atoms with E-state index in [0.29, 0.717) is 25.6 Å². The third kappa shape index (κ3) is 3.42. The molecule has 0 radical (unpaired) electrons. The minimum absolute atomic E-state index is 0.0810. The standard InChI is InChI=1S/C12H20N4O2S/c1-8-3-4-9(11(13)17)7-16(8)12-14-10(15-19-12)5-6-18-2/h8-9H,3-7H2,1-2H3,(H2,13,17)/t8-,9-/m1/s1. The molecule has 106 valence electrons. The van der Waals surface area contributed by atoms with Crippen molar-refractivity contribution in [1.82, 2.24) is 9.36 Å². The zero-order valence-electron chi connectivity index (χ0n) is 11.3. The van der Waals surface area contributed by atoms with Crippen molar-refractivity contribution in [1.29, 1.82) is 0 Å². The molecule has 0 spiro atoms. The van der Waals surface area contributed by atoms with Crippen molar-refractivity contribution in [3.63, 3.8) is 0 Å². The van der Waals surface area contributed by atoms with Gasteiger partial charge in [-0.05, 0) is 19.8 Å². The van der Waals surface area contributed by atoms with E-state index in [1.807, 2.05) is 0 Å². The van der Waals surface area contributed by atoms with Gasteiger partial charge in [0.25, 0.3) is 0 Å². The molecule has 1 saturated heterocycles. The number of rotatable bonds is 5. The number of nitrogens with two attached hydrogens (primary N) is 1. The number of carbonyl (C=O) groups excluding carboxylic acids is 1. The molecule has 0 aliphatic carbocycles. The van der Waals surface area contributed by atoms with Crippen LogP contribution in [0.5, 0.6) is 0 Å². The highest BCUT2D eigenvalue weighted by atomic mass is 32.1. The molecule has 7 heteroatoms. The second-order valence-corrected chi connectivity index (χ2v) is 5.64. The maximum Gasteiger partial charge on any atom is 0.222 e. The van der Waals surface area contributed by atoms with Crippen molar-refractivity contribution in [3.8, 4) is 0 Å². The number of primary amides is 1. The number of anilines is 1. The topological polar surface area (TPSA) is 81.3 Å². The van der Waals surface area contributed by atoms with Crippen molar-refractivity contribution < 1.29 is 9.53 Å². The quantitative estimate of drug-likeness (QED) is 0.865. The van der Waals surface area contributed by atoms with Gasteiger partial charge in [-0.15, -0.1) is 0 Å². The number of hydrogen-bond donors (Lipinski definition) is 1. The number of hydrogen-bond acceptors (Lipinski definition) is 6. The van der Waals surface area contributed by atoms with Gasteiger partial charge >= 0.3 is 0 Å². The lowest BCUT2D eigenvalue weighted by Gasteiger charge is -2.36. The second kappa shape index (κ2) is 6.29. The molecule has 19 heavy (non-hydrogen) atoms. The Morgan fingerprint density at radius 3 is 3.05 bits per heavy atom. The largest absolute Gasteiger partial charge is 0.384 e. The minimum Gasteiger partial charge on any atom is -0.384 e. The van der Waals surface area contributed by atoms with Crippen LogP contribution in [0.4, 0.5) is 5.13 Å². The molecule has 1 aromatic rings. The number of piperidine rings is 1. The maximum absolute atomic E-state index is 11.3. The molecule has 0 aromatic carbocycles. The third-order valence-corrected chi connectivity index (χ3v) is 4.31. The number of nitrogens with zero attached hydrogens (tertiary/aromatic N) is 3. The second-order valence-electron chi connectivity index (χ2n) is 4.91. The molecule has 0 bridgehead atoms. The van der Waals surface area contributed by atoms with E-state index in [-0.39, 0.29) is 11.8 Å². The Balaban J connectivity index is 2.05. The summed E-state index contributed by atoms with van der Waals surface area (Å²) in [5.41, 5.74) is 5.41. The van der Waals surface area contributed by atoms with Gasteiger partial charge in [0.1, 0.15) is 5.82 Å². The Morgan fingerprint density at radius 2 is 2.37 bits per heavy atom. The summed E-state index contributed by atoms with van der Waals surface area (Å²) in [5, 5.41) is 0.879. The Hall–Kier alpha value is -1.21. The van der Waals surface area contributed by atoms with Gasteiger partial charge in [-0.2, -0.15) is 4.37 Å². The number of ether oxygens (including phenoxy) is 1. The highest BCUT2D eigenvalue weighted by Crippen LogP contribution is 2.28. The van der Waals surface area contributed by atoms with E-state index < -0.39 is 0 Å². The zero-order valence-corrected chi connectivity index (χ0v) is 12.2. The van der Waals surface area contributed by atoms with Crippen molar-refractivity contribution in [3.05, 3.63) is 5.82 Å². The Morgan fingerprint density at radius 1 is 1.58 bits per heavy atom. The Bertz CT molecular complexity index is 437. The number of amides is 1. The number of carbonyl (C=O) groups is 1. The fourth-order valence-corrected chi connectivity index (χ4v) is 3.09. The summed E-state index contributed by atoms with van der Waals surface area (Å²) in [4.78, 5) is 18.0. The lowest BCUT2D eigenvalue weighted by Crippen LogP contribution is -2.45. The van der Waals surface area contributed by atoms with E-state index >= 15 is 0 Å². The minimum atomic E-state index is -0.221. The highest BCUT2D eigenvalue weighted by Gasteiger charge is 2.30. The molecule has 1 aliphatic rings. The Labute approximate surface area is 117 Å². The zero-order chi connectivity index (χ0) is 13.8. The first-order valence-electron chi connectivity index (χ1n) is 6.49. The lowest BCUT2D eigenvalue weighted by molar-refractivity contribution is -0.122. The van der Waals surface area contributed by atoms with Crippen LogP contribution in [-0.2, 0) is 16.0 Å². The predicted octanol–water partition coefficient (Wildman–Crippen LogP) is 0.817. The Kier molecular flexibility index (Phi) is 4.71. The summed E-state index contributed by atoms with van der Waals surface area (Å²) in [5.74, 6) is 0.499. The highest BCUT2D eigenvalue weighted by molar-refractivity contribution is 7.09. The van der Waals surface area contributed by atoms with Gasteiger partial charge in [0.15, 0.2) is 0 Å². The summed E-state index contributed by atoms with van der Waals surface area (Å²) in [6, 6.07) is 0.374. The van der Waals surface area contributed by atoms with Crippen molar-refractivity contribution in [2.24, 2.45) is 11.7 Å². The number of methoxy groups -OCH3 is 1. The van der Waals surface area contributed by atoms with Crippen LogP contribution >= 0.6 is 11.5 Å². The van der Waals surface area contributed by atoms with Crippen LogP contribution in [0.3, 0.4) is 0 Å². The monoisotopic (exact) mass is 284 g/mol. The van der Waals surface area contributed by atoms with Crippen LogP contribution in [0.1, 0.15) is 25.6 Å². The van der Waals surface area contributed by atoms with Crippen molar-refractivity contribution in [2.75, 3.05) is 25.2 Å². The smallest absolute Gasteiger partial charge is 0.222 e. The molecule has 1 aliphatic heterocycles. The van der Waals surface area contributed by atoms with E-state index in [4.69, 9.17) is 10.5 Å². The van der Waals surface area contributed by atoms with E-state index in [9.17, 15) is 4.79 Å². The average Bonchev–Trinajstić information content (AvgIpc) is 2.85. The van der Waals surface area contributed by atoms with Gasteiger partial charge in [-0.25, -0.2) is 4.98 Å². The number of aromatic nitrogens is 2. The van der Waals surface area contributed by atoms with Gasteiger partial charge in [0, 0.05) is 37.6 Å². The molecule has 6 nitrogen and oxygen atoms in total. The van der Waals surface area contributed by atoms with Crippen LogP contribution < -0.4 is 10.6 Å². The van der Waals surface area contributed by atoms with Gasteiger partial charge in [-0.1, -0.05) is 0 Å². The molecular formula is C12H20N4O2S.